The maximum Gasteiger partial charge on any atom is 0.415 e. The Hall–Kier alpha value is -4.67. The molecule has 1 N–H and O–H groups in total. The number of pyridine rings is 1. The van der Waals surface area contributed by atoms with Crippen LogP contribution in [0.5, 0.6) is 0 Å². The molecule has 0 unspecified atom stereocenters. The van der Waals surface area contributed by atoms with Gasteiger partial charge in [-0.2, -0.15) is 0 Å². The molecule has 10 nitrogen and oxygen atoms in total. The number of hydrogen-bond donors (Lipinski definition) is 1. The summed E-state index contributed by atoms with van der Waals surface area (Å²) in [7, 11) is 1.53. The zero-order chi connectivity index (χ0) is 27.6. The number of anilines is 3. The SMILES string of the molecule is CCOC(=O)c1ccn2c(N(C)C(=O)OC(C)(C)C)cc(Nc3cccn(-c4ccc(F)cc4)c3=O)nc12. The van der Waals surface area contributed by atoms with Gasteiger partial charge in [0, 0.05) is 31.2 Å². The molecular weight excluding hydrogens is 493 g/mol. The number of nitrogens with zero attached hydrogens (tertiary/aromatic N) is 4. The van der Waals surface area contributed by atoms with E-state index in [2.05, 4.69) is 10.3 Å². The van der Waals surface area contributed by atoms with Gasteiger partial charge in [-0.1, -0.05) is 0 Å². The molecule has 0 saturated carbocycles. The van der Waals surface area contributed by atoms with E-state index in [1.807, 2.05) is 0 Å². The lowest BCUT2D eigenvalue weighted by atomic mass is 10.2. The van der Waals surface area contributed by atoms with Gasteiger partial charge in [0.2, 0.25) is 0 Å². The highest BCUT2D eigenvalue weighted by Crippen LogP contribution is 2.26. The molecule has 0 atom stereocenters. The minimum absolute atomic E-state index is 0.170. The number of carbonyl (C=O) groups excluding carboxylic acids is 2. The van der Waals surface area contributed by atoms with E-state index < -0.39 is 29.0 Å². The molecule has 4 rings (SSSR count). The fraction of sp³-hybridized carbons (Fsp3) is 0.259. The molecule has 0 bridgehead atoms. The Morgan fingerprint density at radius 2 is 1.82 bits per heavy atom. The van der Waals surface area contributed by atoms with E-state index in [4.69, 9.17) is 9.47 Å². The van der Waals surface area contributed by atoms with Crippen molar-refractivity contribution in [2.45, 2.75) is 33.3 Å². The summed E-state index contributed by atoms with van der Waals surface area (Å²) in [6.45, 7) is 7.13. The van der Waals surface area contributed by atoms with E-state index in [0.29, 0.717) is 11.5 Å². The van der Waals surface area contributed by atoms with E-state index in [-0.39, 0.29) is 29.3 Å². The Morgan fingerprint density at radius 3 is 2.47 bits per heavy atom. The van der Waals surface area contributed by atoms with Crippen molar-refractivity contribution in [1.29, 1.82) is 0 Å². The van der Waals surface area contributed by atoms with Crippen molar-refractivity contribution in [3.05, 3.63) is 82.7 Å². The Bertz CT molecular complexity index is 1550. The molecule has 3 aromatic heterocycles. The molecule has 0 aliphatic heterocycles. The van der Waals surface area contributed by atoms with Gasteiger partial charge >= 0.3 is 12.1 Å². The quantitative estimate of drug-likeness (QED) is 0.359. The summed E-state index contributed by atoms with van der Waals surface area (Å²) in [5.74, 6) is -0.470. The molecular formula is C27H28FN5O5. The molecule has 0 spiro atoms. The van der Waals surface area contributed by atoms with Gasteiger partial charge in [-0.05, 0) is 70.2 Å². The number of hydrogen-bond acceptors (Lipinski definition) is 7. The predicted octanol–water partition coefficient (Wildman–Crippen LogP) is 4.92. The van der Waals surface area contributed by atoms with Crippen molar-refractivity contribution in [2.24, 2.45) is 0 Å². The van der Waals surface area contributed by atoms with Gasteiger partial charge < -0.3 is 14.8 Å². The lowest BCUT2D eigenvalue weighted by Gasteiger charge is -2.25. The first kappa shape index (κ1) is 26.4. The largest absolute Gasteiger partial charge is 0.462 e. The van der Waals surface area contributed by atoms with Crippen LogP contribution in [-0.2, 0) is 9.47 Å². The second-order valence-electron chi connectivity index (χ2n) is 9.38. The molecule has 198 valence electrons. The van der Waals surface area contributed by atoms with Crippen LogP contribution in [0.4, 0.5) is 26.5 Å². The van der Waals surface area contributed by atoms with Crippen LogP contribution in [-0.4, -0.2) is 45.3 Å². The Balaban J connectivity index is 1.81. The first-order chi connectivity index (χ1) is 18.0. The van der Waals surface area contributed by atoms with E-state index in [1.165, 1.54) is 40.8 Å². The van der Waals surface area contributed by atoms with Crippen LogP contribution in [0.25, 0.3) is 11.3 Å². The second kappa shape index (κ2) is 10.4. The average molecular weight is 522 g/mol. The monoisotopic (exact) mass is 521 g/mol. The maximum absolute atomic E-state index is 13.4. The predicted molar refractivity (Wildman–Crippen MR) is 141 cm³/mol. The van der Waals surface area contributed by atoms with Crippen LogP contribution >= 0.6 is 0 Å². The molecule has 0 fully saturated rings. The minimum atomic E-state index is -0.735. The summed E-state index contributed by atoms with van der Waals surface area (Å²) in [5.41, 5.74) is -0.0988. The van der Waals surface area contributed by atoms with Crippen molar-refractivity contribution < 1.29 is 23.5 Å². The fourth-order valence-corrected chi connectivity index (χ4v) is 3.71. The summed E-state index contributed by atoms with van der Waals surface area (Å²) in [5, 5.41) is 2.99. The van der Waals surface area contributed by atoms with E-state index >= 15 is 0 Å². The number of rotatable bonds is 6. The first-order valence-corrected chi connectivity index (χ1v) is 11.9. The van der Waals surface area contributed by atoms with Crippen molar-refractivity contribution in [3.63, 3.8) is 0 Å². The van der Waals surface area contributed by atoms with Crippen LogP contribution < -0.4 is 15.8 Å². The highest BCUT2D eigenvalue weighted by molar-refractivity contribution is 5.97. The molecule has 0 aliphatic carbocycles. The smallest absolute Gasteiger partial charge is 0.415 e. The Morgan fingerprint density at radius 1 is 1.11 bits per heavy atom. The maximum atomic E-state index is 13.4. The molecule has 38 heavy (non-hydrogen) atoms. The lowest BCUT2D eigenvalue weighted by molar-refractivity contribution is 0.0527. The van der Waals surface area contributed by atoms with E-state index in [0.717, 1.165) is 0 Å². The number of ether oxygens (including phenoxy) is 2. The summed E-state index contributed by atoms with van der Waals surface area (Å²) in [6.07, 6.45) is 2.53. The van der Waals surface area contributed by atoms with Gasteiger partial charge in [0.25, 0.3) is 5.56 Å². The third kappa shape index (κ3) is 5.51. The van der Waals surface area contributed by atoms with E-state index in [9.17, 15) is 18.8 Å². The number of esters is 1. The van der Waals surface area contributed by atoms with Crippen molar-refractivity contribution in [1.82, 2.24) is 14.0 Å². The van der Waals surface area contributed by atoms with Gasteiger partial charge in [0.1, 0.15) is 34.3 Å². The number of fused-ring (bicyclic) bond motifs is 1. The molecule has 11 heteroatoms. The Kier molecular flexibility index (Phi) is 7.20. The minimum Gasteiger partial charge on any atom is -0.462 e. The van der Waals surface area contributed by atoms with Crippen LogP contribution in [0, 0.1) is 5.82 Å². The normalized spacial score (nSPS) is 11.3. The highest BCUT2D eigenvalue weighted by atomic mass is 19.1. The number of aromatic nitrogens is 3. The summed E-state index contributed by atoms with van der Waals surface area (Å²) < 4.78 is 27.0. The number of benzene rings is 1. The Labute approximate surface area is 218 Å². The molecule has 0 radical (unpaired) electrons. The molecule has 0 aliphatic rings. The number of halogens is 1. The topological polar surface area (TPSA) is 107 Å². The van der Waals surface area contributed by atoms with E-state index in [1.54, 1.807) is 68.8 Å². The van der Waals surface area contributed by atoms with Crippen LogP contribution in [0.1, 0.15) is 38.1 Å². The first-order valence-electron chi connectivity index (χ1n) is 11.9. The number of nitrogens with one attached hydrogen (secondary N) is 1. The van der Waals surface area contributed by atoms with Gasteiger partial charge in [-0.25, -0.2) is 19.0 Å². The number of amides is 1. The zero-order valence-corrected chi connectivity index (χ0v) is 21.7. The van der Waals surface area contributed by atoms with Crippen LogP contribution in [0.15, 0.2) is 65.7 Å². The summed E-state index contributed by atoms with van der Waals surface area (Å²) in [6, 6.07) is 11.8. The lowest BCUT2D eigenvalue weighted by Crippen LogP contribution is -2.35. The van der Waals surface area contributed by atoms with Gasteiger partial charge in [-0.15, -0.1) is 0 Å². The molecule has 1 amide bonds. The highest BCUT2D eigenvalue weighted by Gasteiger charge is 2.25. The summed E-state index contributed by atoms with van der Waals surface area (Å²) in [4.78, 5) is 44.5. The molecule has 0 saturated heterocycles. The molecule has 3 heterocycles. The van der Waals surface area contributed by atoms with Gasteiger partial charge in [0.05, 0.1) is 6.61 Å². The fourth-order valence-electron chi connectivity index (χ4n) is 3.71. The summed E-state index contributed by atoms with van der Waals surface area (Å²) >= 11 is 0. The second-order valence-corrected chi connectivity index (χ2v) is 9.38. The van der Waals surface area contributed by atoms with Crippen LogP contribution in [0.3, 0.4) is 0 Å². The third-order valence-electron chi connectivity index (χ3n) is 5.42. The number of carbonyl (C=O) groups is 2. The zero-order valence-electron chi connectivity index (χ0n) is 21.7. The van der Waals surface area contributed by atoms with Crippen LogP contribution in [0.2, 0.25) is 0 Å². The average Bonchev–Trinajstić information content (AvgIpc) is 3.28. The third-order valence-corrected chi connectivity index (χ3v) is 5.42. The van der Waals surface area contributed by atoms with Gasteiger partial charge in [-0.3, -0.25) is 18.7 Å². The van der Waals surface area contributed by atoms with Gasteiger partial charge in [0.15, 0.2) is 5.65 Å². The van der Waals surface area contributed by atoms with Crippen molar-refractivity contribution in [2.75, 3.05) is 23.9 Å². The van der Waals surface area contributed by atoms with Crippen molar-refractivity contribution in [3.8, 4) is 5.69 Å². The van der Waals surface area contributed by atoms with Crippen molar-refractivity contribution >= 4 is 35.0 Å². The molecule has 1 aromatic carbocycles. The molecule has 4 aromatic rings. The standard InChI is InChI=1S/C27H28FN5O5/c1-6-37-25(35)19-13-15-33-22(31(5)26(36)38-27(2,3)4)16-21(30-23(19)33)29-20-8-7-14-32(24(20)34)18-11-9-17(28)10-12-18/h7-16H,6H2,1-5H3,(H,29,30).